The van der Waals surface area contributed by atoms with Crippen LogP contribution in [0.4, 0.5) is 0 Å². The maximum atomic E-state index is 12.2. The SMILES string of the molecule is CC(C)C(NC(=O)C(CS)NC(=O)C(CC(=O)O)NC(=O)CN)C(=O)O. The molecule has 0 aliphatic heterocycles. The summed E-state index contributed by atoms with van der Waals surface area (Å²) in [6.07, 6.45) is -0.720. The highest BCUT2D eigenvalue weighted by atomic mass is 32.1. The van der Waals surface area contributed by atoms with Crippen molar-refractivity contribution in [1.29, 1.82) is 0 Å². The lowest BCUT2D eigenvalue weighted by Gasteiger charge is -2.24. The first-order valence-electron chi connectivity index (χ1n) is 7.69. The molecule has 0 heterocycles. The molecule has 26 heavy (non-hydrogen) atoms. The van der Waals surface area contributed by atoms with E-state index in [9.17, 15) is 24.0 Å². The van der Waals surface area contributed by atoms with Crippen LogP contribution in [0, 0.1) is 5.92 Å². The smallest absolute Gasteiger partial charge is 0.326 e. The van der Waals surface area contributed by atoms with E-state index in [1.54, 1.807) is 13.8 Å². The van der Waals surface area contributed by atoms with Crippen molar-refractivity contribution in [3.05, 3.63) is 0 Å². The molecule has 0 aromatic rings. The van der Waals surface area contributed by atoms with Crippen LogP contribution in [0.15, 0.2) is 0 Å². The van der Waals surface area contributed by atoms with Gasteiger partial charge in [-0.25, -0.2) is 4.79 Å². The number of carbonyl (C=O) groups excluding carboxylic acids is 3. The number of carbonyl (C=O) groups is 5. The number of hydrogen-bond donors (Lipinski definition) is 7. The minimum absolute atomic E-state index is 0.174. The van der Waals surface area contributed by atoms with Gasteiger partial charge in [0.2, 0.25) is 17.7 Å². The highest BCUT2D eigenvalue weighted by Crippen LogP contribution is 2.03. The predicted octanol–water partition coefficient (Wildman–Crippen LogP) is -2.46. The molecule has 7 N–H and O–H groups in total. The fourth-order valence-electron chi connectivity index (χ4n) is 1.87. The van der Waals surface area contributed by atoms with Gasteiger partial charge in [-0.3, -0.25) is 19.2 Å². The molecular weight excluding hydrogens is 368 g/mol. The Morgan fingerprint density at radius 3 is 1.88 bits per heavy atom. The van der Waals surface area contributed by atoms with Gasteiger partial charge in [0.05, 0.1) is 13.0 Å². The standard InChI is InChI=1S/C14H24N4O7S/c1-6(2)11(14(24)25)18-13(23)8(5-26)17-12(22)7(3-10(20)21)16-9(19)4-15/h6-8,11,26H,3-5,15H2,1-2H3,(H,16,19)(H,17,22)(H,18,23)(H,20,21)(H,24,25). The lowest BCUT2D eigenvalue weighted by Crippen LogP contribution is -2.57. The lowest BCUT2D eigenvalue weighted by atomic mass is 10.0. The van der Waals surface area contributed by atoms with Crippen molar-refractivity contribution in [1.82, 2.24) is 16.0 Å². The number of nitrogens with one attached hydrogen (secondary N) is 3. The first-order valence-corrected chi connectivity index (χ1v) is 8.32. The molecule has 148 valence electrons. The first kappa shape index (κ1) is 23.7. The molecule has 3 atom stereocenters. The molecule has 0 aromatic heterocycles. The molecule has 3 amide bonds. The Morgan fingerprint density at radius 2 is 1.50 bits per heavy atom. The van der Waals surface area contributed by atoms with E-state index in [1.807, 2.05) is 0 Å². The fraction of sp³-hybridized carbons (Fsp3) is 0.643. The summed E-state index contributed by atoms with van der Waals surface area (Å²) >= 11 is 3.94. The van der Waals surface area contributed by atoms with E-state index >= 15 is 0 Å². The Hall–Kier alpha value is -2.34. The van der Waals surface area contributed by atoms with Crippen LogP contribution < -0.4 is 21.7 Å². The molecular formula is C14H24N4O7S. The number of nitrogens with two attached hydrogens (primary N) is 1. The zero-order chi connectivity index (χ0) is 20.4. The molecule has 0 saturated heterocycles. The highest BCUT2D eigenvalue weighted by molar-refractivity contribution is 7.80. The van der Waals surface area contributed by atoms with Gasteiger partial charge < -0.3 is 31.9 Å². The van der Waals surface area contributed by atoms with Crippen LogP contribution in [0.1, 0.15) is 20.3 Å². The average Bonchev–Trinajstić information content (AvgIpc) is 2.55. The van der Waals surface area contributed by atoms with Crippen LogP contribution in [0.2, 0.25) is 0 Å². The van der Waals surface area contributed by atoms with Gasteiger partial charge in [0.15, 0.2) is 0 Å². The summed E-state index contributed by atoms with van der Waals surface area (Å²) in [7, 11) is 0. The zero-order valence-electron chi connectivity index (χ0n) is 14.4. The van der Waals surface area contributed by atoms with Crippen LogP contribution in [0.3, 0.4) is 0 Å². The van der Waals surface area contributed by atoms with Gasteiger partial charge in [-0.05, 0) is 5.92 Å². The number of thiol groups is 1. The third-order valence-corrected chi connectivity index (χ3v) is 3.63. The highest BCUT2D eigenvalue weighted by Gasteiger charge is 2.30. The number of carboxylic acid groups (broad SMARTS) is 2. The molecule has 0 aromatic carbocycles. The second-order valence-corrected chi connectivity index (χ2v) is 6.10. The maximum absolute atomic E-state index is 12.2. The zero-order valence-corrected chi connectivity index (χ0v) is 15.3. The second-order valence-electron chi connectivity index (χ2n) is 5.73. The predicted molar refractivity (Wildman–Crippen MR) is 93.4 cm³/mol. The second kappa shape index (κ2) is 11.3. The average molecular weight is 392 g/mol. The van der Waals surface area contributed by atoms with Gasteiger partial charge in [-0.2, -0.15) is 12.6 Å². The summed E-state index contributed by atoms with van der Waals surface area (Å²) < 4.78 is 0. The van der Waals surface area contributed by atoms with E-state index in [0.29, 0.717) is 0 Å². The summed E-state index contributed by atoms with van der Waals surface area (Å²) in [6, 6.07) is -3.84. The van der Waals surface area contributed by atoms with E-state index in [0.717, 1.165) is 0 Å². The normalized spacial score (nSPS) is 14.0. The third-order valence-electron chi connectivity index (χ3n) is 3.26. The molecule has 3 unspecified atom stereocenters. The number of amides is 3. The van der Waals surface area contributed by atoms with Crippen molar-refractivity contribution in [3.63, 3.8) is 0 Å². The number of hydrogen-bond acceptors (Lipinski definition) is 7. The molecule has 12 heteroatoms. The fourth-order valence-corrected chi connectivity index (χ4v) is 2.13. The molecule has 0 spiro atoms. The van der Waals surface area contributed by atoms with Crippen molar-refractivity contribution < 1.29 is 34.2 Å². The van der Waals surface area contributed by atoms with E-state index in [1.165, 1.54) is 0 Å². The molecule has 0 rings (SSSR count). The van der Waals surface area contributed by atoms with Gasteiger partial charge in [0, 0.05) is 5.75 Å². The Bertz CT molecular complexity index is 555. The first-order chi connectivity index (χ1) is 12.0. The van der Waals surface area contributed by atoms with Crippen LogP contribution in [0.5, 0.6) is 0 Å². The summed E-state index contributed by atoms with van der Waals surface area (Å²) in [5, 5.41) is 24.6. The molecule has 0 saturated carbocycles. The van der Waals surface area contributed by atoms with E-state index < -0.39 is 66.7 Å². The molecule has 11 nitrogen and oxygen atoms in total. The quantitative estimate of drug-likeness (QED) is 0.189. The Kier molecular flexibility index (Phi) is 10.3. The largest absolute Gasteiger partial charge is 0.481 e. The minimum Gasteiger partial charge on any atom is -0.481 e. The lowest BCUT2D eigenvalue weighted by molar-refractivity contribution is -0.144. The van der Waals surface area contributed by atoms with Crippen LogP contribution in [-0.4, -0.2) is 70.3 Å². The third kappa shape index (κ3) is 8.16. The summed E-state index contributed by atoms with van der Waals surface area (Å²) in [5.74, 6) is -5.64. The van der Waals surface area contributed by atoms with Crippen molar-refractivity contribution in [2.24, 2.45) is 11.7 Å². The van der Waals surface area contributed by atoms with Crippen molar-refractivity contribution in [2.75, 3.05) is 12.3 Å². The molecule has 0 fully saturated rings. The van der Waals surface area contributed by atoms with Gasteiger partial charge in [-0.15, -0.1) is 0 Å². The summed E-state index contributed by atoms with van der Waals surface area (Å²) in [5.41, 5.74) is 5.12. The van der Waals surface area contributed by atoms with E-state index in [4.69, 9.17) is 15.9 Å². The van der Waals surface area contributed by atoms with E-state index in [2.05, 4.69) is 28.6 Å². The van der Waals surface area contributed by atoms with Crippen molar-refractivity contribution >= 4 is 42.3 Å². The van der Waals surface area contributed by atoms with Gasteiger partial charge in [0.25, 0.3) is 0 Å². The van der Waals surface area contributed by atoms with Gasteiger partial charge in [0.1, 0.15) is 18.1 Å². The van der Waals surface area contributed by atoms with E-state index in [-0.39, 0.29) is 5.75 Å². The molecule has 0 aliphatic rings. The molecule has 0 bridgehead atoms. The van der Waals surface area contributed by atoms with Crippen LogP contribution in [0.25, 0.3) is 0 Å². The topological polar surface area (TPSA) is 188 Å². The van der Waals surface area contributed by atoms with Gasteiger partial charge >= 0.3 is 11.9 Å². The maximum Gasteiger partial charge on any atom is 0.326 e. The van der Waals surface area contributed by atoms with Crippen molar-refractivity contribution in [2.45, 2.75) is 38.4 Å². The Morgan fingerprint density at radius 1 is 0.962 bits per heavy atom. The van der Waals surface area contributed by atoms with Crippen LogP contribution in [-0.2, 0) is 24.0 Å². The number of rotatable bonds is 11. The van der Waals surface area contributed by atoms with Gasteiger partial charge in [-0.1, -0.05) is 13.8 Å². The van der Waals surface area contributed by atoms with Crippen molar-refractivity contribution in [3.8, 4) is 0 Å². The minimum atomic E-state index is -1.45. The Labute approximate surface area is 155 Å². The molecule has 0 aliphatic carbocycles. The monoisotopic (exact) mass is 392 g/mol. The Balaban J connectivity index is 5.10. The van der Waals surface area contributed by atoms with Crippen LogP contribution >= 0.6 is 12.6 Å². The number of carboxylic acids is 2. The molecule has 0 radical (unpaired) electrons. The summed E-state index contributed by atoms with van der Waals surface area (Å²) in [4.78, 5) is 57.7. The number of aliphatic carboxylic acids is 2. The summed E-state index contributed by atoms with van der Waals surface area (Å²) in [6.45, 7) is 2.74.